The fraction of sp³-hybridized carbons (Fsp3) is 0.500. The average Bonchev–Trinajstić information content (AvgIpc) is 2.39. The van der Waals surface area contributed by atoms with Crippen molar-refractivity contribution in [2.24, 2.45) is 9.98 Å². The molecule has 0 unspecified atom stereocenters. The molecule has 1 aliphatic heterocycles. The molecule has 0 amide bonds. The summed E-state index contributed by atoms with van der Waals surface area (Å²) >= 11 is 0. The molecule has 0 fully saturated rings. The van der Waals surface area contributed by atoms with Gasteiger partial charge in [0.2, 0.25) is 0 Å². The van der Waals surface area contributed by atoms with Crippen molar-refractivity contribution in [1.29, 1.82) is 0 Å². The van der Waals surface area contributed by atoms with Gasteiger partial charge in [0.1, 0.15) is 0 Å². The molecule has 1 rings (SSSR count). The molecular weight excluding hydrogens is 216 g/mol. The Bertz CT molecular complexity index is 405. The number of allylic oxidation sites excluding steroid dienone is 2. The fourth-order valence-corrected chi connectivity index (χ4v) is 1.59. The molecule has 5 heteroatoms. The molecular formula is C12H20N4O. The van der Waals surface area contributed by atoms with Crippen molar-refractivity contribution < 1.29 is 4.74 Å². The second kappa shape index (κ2) is 6.08. The highest BCUT2D eigenvalue weighted by Crippen LogP contribution is 2.15. The predicted molar refractivity (Wildman–Crippen MR) is 71.3 cm³/mol. The van der Waals surface area contributed by atoms with Crippen LogP contribution < -0.4 is 10.6 Å². The first-order valence-corrected chi connectivity index (χ1v) is 5.53. The summed E-state index contributed by atoms with van der Waals surface area (Å²) in [6.07, 6.45) is 1.80. The van der Waals surface area contributed by atoms with Crippen LogP contribution in [-0.4, -0.2) is 40.0 Å². The minimum Gasteiger partial charge on any atom is -0.467 e. The number of nitrogens with one attached hydrogen (secondary N) is 2. The zero-order valence-corrected chi connectivity index (χ0v) is 11.1. The first-order valence-electron chi connectivity index (χ1n) is 5.53. The summed E-state index contributed by atoms with van der Waals surface area (Å²) in [6.45, 7) is 4.68. The lowest BCUT2D eigenvalue weighted by Crippen LogP contribution is -2.19. The maximum absolute atomic E-state index is 4.97. The van der Waals surface area contributed by atoms with Crippen molar-refractivity contribution in [1.82, 2.24) is 10.6 Å². The molecule has 2 N–H and O–H groups in total. The average molecular weight is 236 g/mol. The molecule has 0 spiro atoms. The van der Waals surface area contributed by atoms with E-state index < -0.39 is 0 Å². The van der Waals surface area contributed by atoms with E-state index in [-0.39, 0.29) is 0 Å². The van der Waals surface area contributed by atoms with Crippen LogP contribution in [0.4, 0.5) is 0 Å². The van der Waals surface area contributed by atoms with E-state index in [1.54, 1.807) is 13.3 Å². The largest absolute Gasteiger partial charge is 0.467 e. The second-order valence-electron chi connectivity index (χ2n) is 3.71. The molecule has 0 saturated carbocycles. The third kappa shape index (κ3) is 3.09. The number of aliphatic imine (C=N–C) groups is 2. The third-order valence-electron chi connectivity index (χ3n) is 2.78. The maximum Gasteiger partial charge on any atom is 0.311 e. The number of rotatable bonds is 3. The Balaban J connectivity index is 3.04. The minimum atomic E-state index is 0.427. The van der Waals surface area contributed by atoms with Gasteiger partial charge in [-0.05, 0) is 19.4 Å². The third-order valence-corrected chi connectivity index (χ3v) is 2.78. The smallest absolute Gasteiger partial charge is 0.311 e. The van der Waals surface area contributed by atoms with Crippen molar-refractivity contribution in [2.75, 3.05) is 27.7 Å². The highest BCUT2D eigenvalue weighted by Gasteiger charge is 2.11. The standard InChI is InChI=1S/C12H20N4O/c1-8(9(2)13-3)11(14-4)10-6-15-12(17-5)16-7-10/h6,13-14H,7H2,1-5H3/b9-8+,11-10?. The minimum absolute atomic E-state index is 0.427. The lowest BCUT2D eigenvalue weighted by atomic mass is 10.1. The molecule has 0 radical (unpaired) electrons. The Morgan fingerprint density at radius 2 is 2.00 bits per heavy atom. The summed E-state index contributed by atoms with van der Waals surface area (Å²) in [4.78, 5) is 8.35. The van der Waals surface area contributed by atoms with E-state index in [9.17, 15) is 0 Å². The van der Waals surface area contributed by atoms with E-state index in [1.165, 1.54) is 0 Å². The van der Waals surface area contributed by atoms with E-state index >= 15 is 0 Å². The molecule has 0 bridgehead atoms. The molecule has 0 aromatic heterocycles. The van der Waals surface area contributed by atoms with E-state index in [4.69, 9.17) is 4.74 Å². The number of amidine groups is 1. The van der Waals surface area contributed by atoms with Crippen LogP contribution in [0.15, 0.2) is 32.5 Å². The normalized spacial score (nSPS) is 19.2. The molecule has 0 aromatic carbocycles. The zero-order valence-electron chi connectivity index (χ0n) is 11.1. The number of hydrogen-bond donors (Lipinski definition) is 2. The van der Waals surface area contributed by atoms with Crippen molar-refractivity contribution in [3.8, 4) is 0 Å². The van der Waals surface area contributed by atoms with Crippen molar-refractivity contribution in [2.45, 2.75) is 13.8 Å². The Labute approximate surface area is 102 Å². The van der Waals surface area contributed by atoms with E-state index in [2.05, 4.69) is 27.5 Å². The Hall–Kier alpha value is -1.78. The van der Waals surface area contributed by atoms with Gasteiger partial charge in [-0.2, -0.15) is 0 Å². The van der Waals surface area contributed by atoms with Crippen molar-refractivity contribution >= 4 is 12.2 Å². The quantitative estimate of drug-likeness (QED) is 0.770. The summed E-state index contributed by atoms with van der Waals surface area (Å²) in [7, 11) is 5.38. The first-order chi connectivity index (χ1) is 8.13. The van der Waals surface area contributed by atoms with Crippen LogP contribution in [-0.2, 0) is 4.74 Å². The molecule has 0 aromatic rings. The fourth-order valence-electron chi connectivity index (χ4n) is 1.59. The van der Waals surface area contributed by atoms with Gasteiger partial charge in [-0.15, -0.1) is 0 Å². The number of nitrogens with zero attached hydrogens (tertiary/aromatic N) is 2. The molecule has 1 heterocycles. The monoisotopic (exact) mass is 236 g/mol. The van der Waals surface area contributed by atoms with E-state index in [0.717, 1.165) is 22.5 Å². The molecule has 94 valence electrons. The summed E-state index contributed by atoms with van der Waals surface area (Å²) in [5, 5.41) is 6.34. The summed E-state index contributed by atoms with van der Waals surface area (Å²) < 4.78 is 4.97. The van der Waals surface area contributed by atoms with Crippen molar-refractivity contribution in [3.63, 3.8) is 0 Å². The van der Waals surface area contributed by atoms with Crippen LogP contribution in [0.3, 0.4) is 0 Å². The van der Waals surface area contributed by atoms with E-state index in [1.807, 2.05) is 21.0 Å². The van der Waals surface area contributed by atoms with Crippen LogP contribution >= 0.6 is 0 Å². The second-order valence-corrected chi connectivity index (χ2v) is 3.71. The molecule has 0 aliphatic carbocycles. The molecule has 0 saturated heterocycles. The highest BCUT2D eigenvalue weighted by molar-refractivity contribution is 5.94. The van der Waals surface area contributed by atoms with Crippen LogP contribution in [0.2, 0.25) is 0 Å². The number of methoxy groups -OCH3 is 1. The zero-order chi connectivity index (χ0) is 12.8. The van der Waals surface area contributed by atoms with Gasteiger partial charge < -0.3 is 15.4 Å². The maximum atomic E-state index is 4.97. The van der Waals surface area contributed by atoms with Gasteiger partial charge in [0.25, 0.3) is 0 Å². The van der Waals surface area contributed by atoms with Crippen LogP contribution in [0.1, 0.15) is 13.8 Å². The topological polar surface area (TPSA) is 58.0 Å². The van der Waals surface area contributed by atoms with Gasteiger partial charge in [0, 0.05) is 37.3 Å². The summed E-state index contributed by atoms with van der Waals surface area (Å²) in [6, 6.07) is 0.427. The van der Waals surface area contributed by atoms with Crippen molar-refractivity contribution in [3.05, 3.63) is 22.5 Å². The summed E-state index contributed by atoms with van der Waals surface area (Å²) in [5.74, 6) is 0. The molecule has 5 nitrogen and oxygen atoms in total. The predicted octanol–water partition coefficient (Wildman–Crippen LogP) is 1.06. The lowest BCUT2D eigenvalue weighted by molar-refractivity contribution is 0.395. The highest BCUT2D eigenvalue weighted by atomic mass is 16.5. The van der Waals surface area contributed by atoms with E-state index in [0.29, 0.717) is 12.6 Å². The van der Waals surface area contributed by atoms with Crippen LogP contribution in [0, 0.1) is 0 Å². The number of ether oxygens (including phenoxy) is 1. The molecule has 0 atom stereocenters. The lowest BCUT2D eigenvalue weighted by Gasteiger charge is -2.16. The molecule has 1 aliphatic rings. The Morgan fingerprint density at radius 1 is 1.29 bits per heavy atom. The van der Waals surface area contributed by atoms with Crippen LogP contribution in [0.5, 0.6) is 0 Å². The van der Waals surface area contributed by atoms with Gasteiger partial charge in [-0.1, -0.05) is 0 Å². The number of likely N-dealkylation sites (N-methyl/N-ethyl adjacent to an activating group) is 1. The van der Waals surface area contributed by atoms with Gasteiger partial charge in [-0.25, -0.2) is 9.98 Å². The molecule has 17 heavy (non-hydrogen) atoms. The Kier molecular flexibility index (Phi) is 4.75. The van der Waals surface area contributed by atoms with Crippen LogP contribution in [0.25, 0.3) is 0 Å². The van der Waals surface area contributed by atoms with Gasteiger partial charge in [0.15, 0.2) is 0 Å². The Morgan fingerprint density at radius 3 is 2.41 bits per heavy atom. The van der Waals surface area contributed by atoms with Gasteiger partial charge in [0.05, 0.1) is 13.7 Å². The van der Waals surface area contributed by atoms with Gasteiger partial charge >= 0.3 is 6.02 Å². The first kappa shape index (κ1) is 13.3. The number of hydrogen-bond acceptors (Lipinski definition) is 5. The summed E-state index contributed by atoms with van der Waals surface area (Å²) in [5.41, 5.74) is 4.39. The SMILES string of the molecule is CNC(=C1C=NC(OC)=NC1)/C(C)=C(\C)NC. The van der Waals surface area contributed by atoms with Gasteiger partial charge in [-0.3, -0.25) is 0 Å².